The summed E-state index contributed by atoms with van der Waals surface area (Å²) in [6.07, 6.45) is 8.98. The summed E-state index contributed by atoms with van der Waals surface area (Å²) >= 11 is 6.15. The summed E-state index contributed by atoms with van der Waals surface area (Å²) in [6, 6.07) is 17.1. The van der Waals surface area contributed by atoms with Gasteiger partial charge in [0, 0.05) is 47.8 Å². The summed E-state index contributed by atoms with van der Waals surface area (Å²) in [6.45, 7) is 1.31. The maximum atomic E-state index is 13.6. The number of carbonyl (C=O) groups is 1. The molecule has 1 aliphatic heterocycles. The van der Waals surface area contributed by atoms with Crippen molar-refractivity contribution in [2.45, 2.75) is 25.4 Å². The number of hydrogen-bond acceptors (Lipinski definition) is 4. The zero-order valence-corrected chi connectivity index (χ0v) is 18.2. The third-order valence-corrected chi connectivity index (χ3v) is 6.01. The standard InChI is InChI=1S/C25H22ClN5O/c26-20-7-3-6-18(15-20)24-28-11-10-22(29-24)23-9-4-13-31(23)25(32)21-8-2-1-5-19(21)16-30-14-12-27-17-30/h1-3,5-8,10-12,14-15,17,23H,4,9,13,16H2. The summed E-state index contributed by atoms with van der Waals surface area (Å²) in [5, 5.41) is 0.642. The van der Waals surface area contributed by atoms with E-state index in [1.54, 1.807) is 18.7 Å². The Labute approximate surface area is 191 Å². The lowest BCUT2D eigenvalue weighted by atomic mass is 10.0. The zero-order chi connectivity index (χ0) is 21.9. The number of carbonyl (C=O) groups excluding carboxylic acids is 1. The molecule has 1 amide bonds. The molecule has 2 aromatic carbocycles. The SMILES string of the molecule is O=C(c1ccccc1Cn1ccnc1)N1CCCC1c1ccnc(-c2cccc(Cl)c2)n1. The average Bonchev–Trinajstić information content (AvgIpc) is 3.51. The van der Waals surface area contributed by atoms with Crippen molar-refractivity contribution in [3.63, 3.8) is 0 Å². The first-order valence-corrected chi connectivity index (χ1v) is 11.0. The number of halogens is 1. The van der Waals surface area contributed by atoms with Crippen LogP contribution >= 0.6 is 11.6 Å². The minimum Gasteiger partial charge on any atom is -0.333 e. The third-order valence-electron chi connectivity index (χ3n) is 5.77. The van der Waals surface area contributed by atoms with Gasteiger partial charge in [0.05, 0.1) is 18.1 Å². The number of amides is 1. The number of likely N-dealkylation sites (tertiary alicyclic amines) is 1. The molecule has 7 heteroatoms. The molecule has 6 nitrogen and oxygen atoms in total. The number of benzene rings is 2. The van der Waals surface area contributed by atoms with Crippen LogP contribution in [-0.4, -0.2) is 36.9 Å². The fourth-order valence-electron chi connectivity index (χ4n) is 4.24. The van der Waals surface area contributed by atoms with Gasteiger partial charge in [0.25, 0.3) is 5.91 Å². The first-order chi connectivity index (χ1) is 15.7. The predicted octanol–water partition coefficient (Wildman–Crippen LogP) is 5.02. The van der Waals surface area contributed by atoms with Crippen LogP contribution in [0.3, 0.4) is 0 Å². The second kappa shape index (κ2) is 8.93. The third kappa shape index (κ3) is 4.14. The molecule has 5 rings (SSSR count). The van der Waals surface area contributed by atoms with Gasteiger partial charge in [0.1, 0.15) is 0 Å². The Balaban J connectivity index is 1.44. The van der Waals surface area contributed by atoms with Crippen molar-refractivity contribution in [1.82, 2.24) is 24.4 Å². The predicted molar refractivity (Wildman–Crippen MR) is 123 cm³/mol. The molecule has 0 N–H and O–H groups in total. The molecular weight excluding hydrogens is 422 g/mol. The fraction of sp³-hybridized carbons (Fsp3) is 0.200. The summed E-state index contributed by atoms with van der Waals surface area (Å²) in [5.74, 6) is 0.649. The van der Waals surface area contributed by atoms with E-state index in [-0.39, 0.29) is 11.9 Å². The van der Waals surface area contributed by atoms with Gasteiger partial charge < -0.3 is 9.47 Å². The van der Waals surface area contributed by atoms with Gasteiger partial charge in [-0.3, -0.25) is 4.79 Å². The van der Waals surface area contributed by atoms with E-state index in [2.05, 4.69) is 9.97 Å². The molecule has 1 unspecified atom stereocenters. The monoisotopic (exact) mass is 443 g/mol. The van der Waals surface area contributed by atoms with E-state index in [0.29, 0.717) is 23.9 Å². The van der Waals surface area contributed by atoms with Gasteiger partial charge in [-0.05, 0) is 42.7 Å². The lowest BCUT2D eigenvalue weighted by molar-refractivity contribution is 0.0731. The van der Waals surface area contributed by atoms with E-state index < -0.39 is 0 Å². The van der Waals surface area contributed by atoms with Gasteiger partial charge >= 0.3 is 0 Å². The summed E-state index contributed by atoms with van der Waals surface area (Å²) in [7, 11) is 0. The van der Waals surface area contributed by atoms with E-state index in [1.807, 2.05) is 70.3 Å². The molecule has 0 aliphatic carbocycles. The van der Waals surface area contributed by atoms with Crippen LogP contribution in [0.4, 0.5) is 0 Å². The first kappa shape index (κ1) is 20.4. The van der Waals surface area contributed by atoms with Gasteiger partial charge in [-0.15, -0.1) is 0 Å². The fourth-order valence-corrected chi connectivity index (χ4v) is 4.43. The lowest BCUT2D eigenvalue weighted by Gasteiger charge is -2.25. The Morgan fingerprint density at radius 2 is 2.00 bits per heavy atom. The smallest absolute Gasteiger partial charge is 0.254 e. The molecule has 32 heavy (non-hydrogen) atoms. The second-order valence-corrected chi connectivity index (χ2v) is 8.30. The molecule has 2 aromatic heterocycles. The van der Waals surface area contributed by atoms with E-state index in [0.717, 1.165) is 35.2 Å². The summed E-state index contributed by atoms with van der Waals surface area (Å²) in [5.41, 5.74) is 3.41. The minimum atomic E-state index is -0.0789. The topological polar surface area (TPSA) is 63.9 Å². The zero-order valence-electron chi connectivity index (χ0n) is 17.4. The van der Waals surface area contributed by atoms with E-state index >= 15 is 0 Å². The molecule has 0 saturated carbocycles. The van der Waals surface area contributed by atoms with Crippen LogP contribution in [0.25, 0.3) is 11.4 Å². The molecule has 4 aromatic rings. The average molecular weight is 444 g/mol. The highest BCUT2D eigenvalue weighted by molar-refractivity contribution is 6.30. The second-order valence-electron chi connectivity index (χ2n) is 7.86. The maximum Gasteiger partial charge on any atom is 0.254 e. The van der Waals surface area contributed by atoms with Gasteiger partial charge in [-0.2, -0.15) is 0 Å². The van der Waals surface area contributed by atoms with Crippen molar-refractivity contribution in [3.05, 3.63) is 101 Å². The number of aromatic nitrogens is 4. The molecule has 0 spiro atoms. The number of hydrogen-bond donors (Lipinski definition) is 0. The van der Waals surface area contributed by atoms with Crippen molar-refractivity contribution >= 4 is 17.5 Å². The van der Waals surface area contributed by atoms with Crippen LogP contribution in [0.1, 0.15) is 40.5 Å². The van der Waals surface area contributed by atoms with Crippen LogP contribution in [0, 0.1) is 0 Å². The highest BCUT2D eigenvalue weighted by atomic mass is 35.5. The lowest BCUT2D eigenvalue weighted by Crippen LogP contribution is -2.32. The van der Waals surface area contributed by atoms with Crippen molar-refractivity contribution in [2.75, 3.05) is 6.54 Å². The van der Waals surface area contributed by atoms with Crippen LogP contribution in [0.2, 0.25) is 5.02 Å². The Hall–Kier alpha value is -3.51. The Morgan fingerprint density at radius 3 is 2.84 bits per heavy atom. The first-order valence-electron chi connectivity index (χ1n) is 10.6. The molecule has 1 fully saturated rings. The van der Waals surface area contributed by atoms with Gasteiger partial charge in [0.2, 0.25) is 0 Å². The minimum absolute atomic E-state index is 0.0335. The summed E-state index contributed by atoms with van der Waals surface area (Å²) < 4.78 is 1.97. The van der Waals surface area contributed by atoms with Crippen LogP contribution < -0.4 is 0 Å². The number of rotatable bonds is 5. The molecule has 160 valence electrons. The molecule has 1 atom stereocenters. The molecule has 1 aliphatic rings. The van der Waals surface area contributed by atoms with Crippen molar-refractivity contribution in [1.29, 1.82) is 0 Å². The molecule has 0 radical (unpaired) electrons. The molecule has 3 heterocycles. The largest absolute Gasteiger partial charge is 0.333 e. The highest BCUT2D eigenvalue weighted by Gasteiger charge is 2.32. The van der Waals surface area contributed by atoms with Crippen LogP contribution in [-0.2, 0) is 6.54 Å². The van der Waals surface area contributed by atoms with E-state index in [9.17, 15) is 4.79 Å². The van der Waals surface area contributed by atoms with E-state index in [1.165, 1.54) is 0 Å². The Kier molecular flexibility index (Phi) is 5.69. The van der Waals surface area contributed by atoms with Crippen molar-refractivity contribution in [3.8, 4) is 11.4 Å². The van der Waals surface area contributed by atoms with Crippen molar-refractivity contribution < 1.29 is 4.79 Å². The van der Waals surface area contributed by atoms with E-state index in [4.69, 9.17) is 16.6 Å². The highest BCUT2D eigenvalue weighted by Crippen LogP contribution is 2.33. The number of imidazole rings is 1. The van der Waals surface area contributed by atoms with Gasteiger partial charge in [0.15, 0.2) is 5.82 Å². The van der Waals surface area contributed by atoms with Gasteiger partial charge in [-0.1, -0.05) is 41.9 Å². The Bertz CT molecular complexity index is 1240. The Morgan fingerprint density at radius 1 is 1.09 bits per heavy atom. The maximum absolute atomic E-state index is 13.6. The van der Waals surface area contributed by atoms with Crippen LogP contribution in [0.15, 0.2) is 79.5 Å². The van der Waals surface area contributed by atoms with Gasteiger partial charge in [-0.25, -0.2) is 15.0 Å². The van der Waals surface area contributed by atoms with Crippen molar-refractivity contribution in [2.24, 2.45) is 0 Å². The summed E-state index contributed by atoms with van der Waals surface area (Å²) in [4.78, 5) is 28.9. The quantitative estimate of drug-likeness (QED) is 0.434. The molecular formula is C25H22ClN5O. The van der Waals surface area contributed by atoms with Crippen LogP contribution in [0.5, 0.6) is 0 Å². The normalized spacial score (nSPS) is 15.8. The molecule has 0 bridgehead atoms. The number of nitrogens with zero attached hydrogens (tertiary/aromatic N) is 5. The molecule has 1 saturated heterocycles.